The number of benzene rings is 1. The van der Waals surface area contributed by atoms with Crippen LogP contribution >= 0.6 is 0 Å². The highest BCUT2D eigenvalue weighted by atomic mass is 16.5. The summed E-state index contributed by atoms with van der Waals surface area (Å²) in [5, 5.41) is 3.13. The van der Waals surface area contributed by atoms with E-state index in [9.17, 15) is 4.79 Å². The largest absolute Gasteiger partial charge is 0.493 e. The molecule has 1 saturated carbocycles. The fourth-order valence-corrected chi connectivity index (χ4v) is 3.82. The monoisotopic (exact) mass is 369 g/mol. The van der Waals surface area contributed by atoms with Crippen molar-refractivity contribution in [1.29, 1.82) is 0 Å². The summed E-state index contributed by atoms with van der Waals surface area (Å²) in [6, 6.07) is 7.21. The first-order valence-electron chi connectivity index (χ1n) is 9.07. The Kier molecular flexibility index (Phi) is 4.51. The van der Waals surface area contributed by atoms with Gasteiger partial charge < -0.3 is 14.2 Å². The molecule has 27 heavy (non-hydrogen) atoms. The number of fused-ring (bicyclic) bond motifs is 1. The van der Waals surface area contributed by atoms with Gasteiger partial charge in [0.05, 0.1) is 32.7 Å². The Morgan fingerprint density at radius 3 is 2.26 bits per heavy atom. The number of nitrogens with zero attached hydrogens (tertiary/aromatic N) is 2. The van der Waals surface area contributed by atoms with E-state index in [4.69, 9.17) is 19.2 Å². The third kappa shape index (κ3) is 3.03. The van der Waals surface area contributed by atoms with Crippen LogP contribution in [0.5, 0.6) is 17.2 Å². The summed E-state index contributed by atoms with van der Waals surface area (Å²) in [5.41, 5.74) is 2.99. The van der Waals surface area contributed by atoms with Crippen LogP contribution < -0.4 is 19.8 Å². The van der Waals surface area contributed by atoms with E-state index in [2.05, 4.69) is 5.10 Å². The Morgan fingerprint density at radius 2 is 1.67 bits per heavy atom. The van der Waals surface area contributed by atoms with E-state index in [0.717, 1.165) is 29.8 Å². The average molecular weight is 369 g/mol. The zero-order valence-electron chi connectivity index (χ0n) is 15.7. The van der Waals surface area contributed by atoms with E-state index < -0.39 is 0 Å². The first kappa shape index (κ1) is 17.5. The second-order valence-electron chi connectivity index (χ2n) is 6.78. The summed E-state index contributed by atoms with van der Waals surface area (Å²) in [5.74, 6) is 2.02. The number of nitrogens with one attached hydrogen (secondary N) is 1. The number of methoxy groups -OCH3 is 3. The Labute approximate surface area is 156 Å². The third-order valence-electron chi connectivity index (χ3n) is 5.22. The minimum absolute atomic E-state index is 0.0967. The van der Waals surface area contributed by atoms with Crippen molar-refractivity contribution in [2.75, 3.05) is 21.3 Å². The predicted octanol–water partition coefficient (Wildman–Crippen LogP) is 3.37. The van der Waals surface area contributed by atoms with Crippen LogP contribution in [0.15, 0.2) is 29.1 Å². The molecule has 0 saturated heterocycles. The number of ether oxygens (including phenoxy) is 3. The summed E-state index contributed by atoms with van der Waals surface area (Å²) < 4.78 is 17.7. The van der Waals surface area contributed by atoms with E-state index in [0.29, 0.717) is 28.8 Å². The van der Waals surface area contributed by atoms with Crippen molar-refractivity contribution in [2.45, 2.75) is 31.6 Å². The molecular formula is C20H23N3O4. The highest BCUT2D eigenvalue weighted by Gasteiger charge is 2.21. The first-order valence-corrected chi connectivity index (χ1v) is 9.07. The van der Waals surface area contributed by atoms with E-state index in [-0.39, 0.29) is 5.56 Å². The Morgan fingerprint density at radius 1 is 1.00 bits per heavy atom. The third-order valence-corrected chi connectivity index (χ3v) is 5.22. The lowest BCUT2D eigenvalue weighted by Crippen LogP contribution is -2.16. The molecule has 0 spiro atoms. The van der Waals surface area contributed by atoms with Gasteiger partial charge in [-0.3, -0.25) is 9.89 Å². The second kappa shape index (κ2) is 6.98. The van der Waals surface area contributed by atoms with Crippen LogP contribution in [-0.2, 0) is 0 Å². The van der Waals surface area contributed by atoms with Crippen LogP contribution in [0.4, 0.5) is 0 Å². The van der Waals surface area contributed by atoms with Crippen molar-refractivity contribution in [3.63, 3.8) is 0 Å². The van der Waals surface area contributed by atoms with Gasteiger partial charge in [0, 0.05) is 23.6 Å². The van der Waals surface area contributed by atoms with Gasteiger partial charge in [-0.2, -0.15) is 0 Å². The molecular weight excluding hydrogens is 346 g/mol. The van der Waals surface area contributed by atoms with Crippen molar-refractivity contribution >= 4 is 5.65 Å². The van der Waals surface area contributed by atoms with Crippen LogP contribution in [0, 0.1) is 0 Å². The van der Waals surface area contributed by atoms with Crippen LogP contribution in [0.1, 0.15) is 37.3 Å². The summed E-state index contributed by atoms with van der Waals surface area (Å²) in [6.07, 6.45) is 4.62. The van der Waals surface area contributed by atoms with Crippen molar-refractivity contribution < 1.29 is 14.2 Å². The van der Waals surface area contributed by atoms with Gasteiger partial charge in [-0.1, -0.05) is 12.8 Å². The fraction of sp³-hybridized carbons (Fsp3) is 0.400. The number of hydrogen-bond donors (Lipinski definition) is 1. The smallest absolute Gasteiger partial charge is 0.272 e. The zero-order chi connectivity index (χ0) is 19.0. The van der Waals surface area contributed by atoms with E-state index in [1.807, 2.05) is 18.2 Å². The fourth-order valence-electron chi connectivity index (χ4n) is 3.82. The van der Waals surface area contributed by atoms with Crippen LogP contribution in [0.25, 0.3) is 16.9 Å². The van der Waals surface area contributed by atoms with Crippen LogP contribution in [0.2, 0.25) is 0 Å². The van der Waals surface area contributed by atoms with E-state index in [1.54, 1.807) is 27.4 Å². The number of aromatic amines is 1. The zero-order valence-corrected chi connectivity index (χ0v) is 15.7. The number of aromatic nitrogens is 3. The molecule has 1 N–H and O–H groups in total. The highest BCUT2D eigenvalue weighted by Crippen LogP contribution is 2.41. The molecule has 1 aliphatic carbocycles. The maximum Gasteiger partial charge on any atom is 0.272 e. The lowest BCUT2D eigenvalue weighted by atomic mass is 10.0. The van der Waals surface area contributed by atoms with Crippen molar-refractivity contribution in [2.24, 2.45) is 0 Å². The van der Waals surface area contributed by atoms with Crippen molar-refractivity contribution in [3.8, 4) is 28.5 Å². The lowest BCUT2D eigenvalue weighted by Gasteiger charge is -2.13. The quantitative estimate of drug-likeness (QED) is 0.746. The normalized spacial score (nSPS) is 14.6. The van der Waals surface area contributed by atoms with Crippen LogP contribution in [0.3, 0.4) is 0 Å². The maximum atomic E-state index is 12.6. The molecule has 7 heteroatoms. The maximum absolute atomic E-state index is 12.6. The molecule has 1 aromatic carbocycles. The lowest BCUT2D eigenvalue weighted by molar-refractivity contribution is 0.324. The molecule has 0 unspecified atom stereocenters. The van der Waals surface area contributed by atoms with E-state index in [1.165, 1.54) is 17.4 Å². The number of hydrogen-bond acceptors (Lipinski definition) is 5. The van der Waals surface area contributed by atoms with Crippen molar-refractivity contribution in [1.82, 2.24) is 14.6 Å². The van der Waals surface area contributed by atoms with E-state index >= 15 is 0 Å². The predicted molar refractivity (Wildman–Crippen MR) is 102 cm³/mol. The van der Waals surface area contributed by atoms with Gasteiger partial charge in [0.15, 0.2) is 17.1 Å². The molecule has 142 valence electrons. The Bertz CT molecular complexity index is 1010. The standard InChI is InChI=1S/C20H23N3O4/c1-25-16-8-13(9-17(26-2)20(16)27-3)15-10-18-21-14(12-6-4-5-7-12)11-19(24)23(18)22-15/h8-12,22H,4-7H2,1-3H3. The SMILES string of the molecule is COc1cc(-c2cc3nc(C4CCCC4)cc(=O)n3[nH]2)cc(OC)c1OC. The number of rotatable bonds is 5. The molecule has 2 aromatic heterocycles. The molecule has 0 bridgehead atoms. The highest BCUT2D eigenvalue weighted by molar-refractivity contribution is 5.71. The summed E-state index contributed by atoms with van der Waals surface area (Å²) in [4.78, 5) is 17.3. The minimum Gasteiger partial charge on any atom is -0.493 e. The van der Waals surface area contributed by atoms with Gasteiger partial charge in [0.25, 0.3) is 5.56 Å². The first-order chi connectivity index (χ1) is 13.1. The van der Waals surface area contributed by atoms with Gasteiger partial charge in [-0.15, -0.1) is 0 Å². The molecule has 7 nitrogen and oxygen atoms in total. The molecule has 0 radical (unpaired) electrons. The van der Waals surface area contributed by atoms with Gasteiger partial charge >= 0.3 is 0 Å². The second-order valence-corrected chi connectivity index (χ2v) is 6.78. The summed E-state index contributed by atoms with van der Waals surface area (Å²) in [6.45, 7) is 0. The molecule has 0 aliphatic heterocycles. The Hall–Kier alpha value is -2.96. The van der Waals surface area contributed by atoms with Gasteiger partial charge in [-0.25, -0.2) is 9.50 Å². The molecule has 0 atom stereocenters. The van der Waals surface area contributed by atoms with Gasteiger partial charge in [0.2, 0.25) is 5.75 Å². The van der Waals surface area contributed by atoms with Crippen LogP contribution in [-0.4, -0.2) is 35.9 Å². The topological polar surface area (TPSA) is 77.8 Å². The Balaban J connectivity index is 1.82. The molecule has 3 aromatic rings. The van der Waals surface area contributed by atoms with Gasteiger partial charge in [0.1, 0.15) is 0 Å². The molecule has 1 fully saturated rings. The van der Waals surface area contributed by atoms with Gasteiger partial charge in [-0.05, 0) is 25.0 Å². The minimum atomic E-state index is -0.0967. The molecule has 2 heterocycles. The summed E-state index contributed by atoms with van der Waals surface area (Å²) in [7, 11) is 4.72. The number of H-pyrrole nitrogens is 1. The molecule has 1 aliphatic rings. The summed E-state index contributed by atoms with van der Waals surface area (Å²) >= 11 is 0. The molecule has 0 amide bonds. The average Bonchev–Trinajstić information content (AvgIpc) is 3.36. The van der Waals surface area contributed by atoms with Crippen molar-refractivity contribution in [3.05, 3.63) is 40.3 Å². The molecule has 4 rings (SSSR count).